The minimum absolute atomic E-state index is 0.323. The molecule has 0 unspecified atom stereocenters. The molecule has 3 heterocycles. The summed E-state index contributed by atoms with van der Waals surface area (Å²) >= 11 is 7.53. The number of carbonyl (C=O) groups is 1. The van der Waals surface area contributed by atoms with Gasteiger partial charge in [-0.05, 0) is 37.3 Å². The fourth-order valence-electron chi connectivity index (χ4n) is 2.95. The Morgan fingerprint density at radius 3 is 3.04 bits per heavy atom. The van der Waals surface area contributed by atoms with Gasteiger partial charge in [-0.15, -0.1) is 6.58 Å². The lowest BCUT2D eigenvalue weighted by atomic mass is 10.3. The first-order chi connectivity index (χ1) is 12.6. The van der Waals surface area contributed by atoms with E-state index in [2.05, 4.69) is 16.6 Å². The molecule has 0 aliphatic heterocycles. The van der Waals surface area contributed by atoms with Crippen LogP contribution in [0.25, 0.3) is 15.9 Å². The maximum Gasteiger partial charge on any atom is 0.298 e. The van der Waals surface area contributed by atoms with Gasteiger partial charge in [-0.2, -0.15) is 4.99 Å². The van der Waals surface area contributed by atoms with Crippen molar-refractivity contribution in [3.05, 3.63) is 76.5 Å². The van der Waals surface area contributed by atoms with Crippen molar-refractivity contribution in [1.82, 2.24) is 14.0 Å². The number of nitrogens with zero attached hydrogens (tertiary/aromatic N) is 4. The number of aryl methyl sites for hydroxylation is 1. The predicted molar refractivity (Wildman–Crippen MR) is 105 cm³/mol. The van der Waals surface area contributed by atoms with Crippen molar-refractivity contribution >= 4 is 44.7 Å². The molecule has 0 saturated carbocycles. The zero-order valence-corrected chi connectivity index (χ0v) is 15.6. The van der Waals surface area contributed by atoms with Crippen LogP contribution < -0.4 is 4.80 Å². The fourth-order valence-corrected chi connectivity index (χ4v) is 4.26. The molecule has 0 bridgehead atoms. The molecule has 0 spiro atoms. The summed E-state index contributed by atoms with van der Waals surface area (Å²) in [6.07, 6.45) is 3.60. The molecule has 26 heavy (non-hydrogen) atoms. The summed E-state index contributed by atoms with van der Waals surface area (Å²) < 4.78 is 4.70. The minimum atomic E-state index is -0.323. The number of hydrogen-bond acceptors (Lipinski definition) is 3. The van der Waals surface area contributed by atoms with Crippen molar-refractivity contribution in [2.45, 2.75) is 13.5 Å². The first kappa shape index (κ1) is 16.8. The Morgan fingerprint density at radius 2 is 2.23 bits per heavy atom. The van der Waals surface area contributed by atoms with E-state index in [-0.39, 0.29) is 5.91 Å². The molecule has 4 rings (SSSR count). The summed E-state index contributed by atoms with van der Waals surface area (Å²) in [6, 6.07) is 11.3. The van der Waals surface area contributed by atoms with Crippen molar-refractivity contribution in [3.8, 4) is 0 Å². The van der Waals surface area contributed by atoms with Gasteiger partial charge in [0.1, 0.15) is 11.3 Å². The van der Waals surface area contributed by atoms with Gasteiger partial charge in [-0.25, -0.2) is 4.98 Å². The van der Waals surface area contributed by atoms with Gasteiger partial charge in [-0.3, -0.25) is 9.20 Å². The van der Waals surface area contributed by atoms with E-state index in [9.17, 15) is 4.79 Å². The third kappa shape index (κ3) is 2.77. The molecule has 4 aromatic rings. The van der Waals surface area contributed by atoms with Crippen LogP contribution in [0.5, 0.6) is 0 Å². The number of allylic oxidation sites excluding steroid dienone is 1. The quantitative estimate of drug-likeness (QED) is 0.497. The van der Waals surface area contributed by atoms with Crippen LogP contribution in [0.4, 0.5) is 0 Å². The van der Waals surface area contributed by atoms with Crippen LogP contribution in [-0.2, 0) is 6.54 Å². The molecule has 0 fully saturated rings. The van der Waals surface area contributed by atoms with Gasteiger partial charge in [-0.1, -0.05) is 35.1 Å². The standard InChI is InChI=1S/C19H15ClN4OS/c1-3-9-23-14-8-7-13(20)11-15(14)26-19(23)22-18(25)17-12(2)21-16-6-4-5-10-24(16)17/h3-8,10-11H,1,9H2,2H3. The van der Waals surface area contributed by atoms with Gasteiger partial charge >= 0.3 is 0 Å². The second-order valence-corrected chi connectivity index (χ2v) is 7.23. The number of aromatic nitrogens is 3. The second-order valence-electron chi connectivity index (χ2n) is 5.79. The van der Waals surface area contributed by atoms with E-state index in [1.165, 1.54) is 11.3 Å². The maximum atomic E-state index is 12.9. The molecule has 0 N–H and O–H groups in total. The third-order valence-corrected chi connectivity index (χ3v) is 5.34. The van der Waals surface area contributed by atoms with Crippen LogP contribution in [0.1, 0.15) is 16.2 Å². The molecule has 130 valence electrons. The zero-order chi connectivity index (χ0) is 18.3. The molecule has 1 aromatic carbocycles. The molecule has 0 aliphatic rings. The SMILES string of the molecule is C=CCn1c(=NC(=O)c2c(C)nc3ccccn23)sc2cc(Cl)ccc21. The number of hydrogen-bond donors (Lipinski definition) is 0. The smallest absolute Gasteiger partial charge is 0.298 e. The van der Waals surface area contributed by atoms with Crippen LogP contribution in [0.2, 0.25) is 5.02 Å². The van der Waals surface area contributed by atoms with E-state index in [1.54, 1.807) is 10.5 Å². The number of fused-ring (bicyclic) bond motifs is 2. The minimum Gasteiger partial charge on any atom is -0.312 e. The van der Waals surface area contributed by atoms with E-state index in [4.69, 9.17) is 11.6 Å². The first-order valence-electron chi connectivity index (χ1n) is 8.01. The highest BCUT2D eigenvalue weighted by molar-refractivity contribution is 7.16. The lowest BCUT2D eigenvalue weighted by Crippen LogP contribution is -2.17. The molecule has 7 heteroatoms. The number of thiazole rings is 1. The fraction of sp³-hybridized carbons (Fsp3) is 0.105. The van der Waals surface area contributed by atoms with E-state index in [0.717, 1.165) is 15.9 Å². The van der Waals surface area contributed by atoms with Crippen LogP contribution in [0, 0.1) is 6.92 Å². The van der Waals surface area contributed by atoms with Crippen LogP contribution in [-0.4, -0.2) is 19.9 Å². The predicted octanol–water partition coefficient (Wildman–Crippen LogP) is 4.24. The normalized spacial score (nSPS) is 12.2. The first-order valence-corrected chi connectivity index (χ1v) is 9.20. The molecule has 0 aliphatic carbocycles. The summed E-state index contributed by atoms with van der Waals surface area (Å²) in [7, 11) is 0. The van der Waals surface area contributed by atoms with Crippen LogP contribution >= 0.6 is 22.9 Å². The van der Waals surface area contributed by atoms with Crippen LogP contribution in [0.3, 0.4) is 0 Å². The molecule has 1 amide bonds. The Hall–Kier alpha value is -2.70. The average Bonchev–Trinajstić information content (AvgIpc) is 3.11. The topological polar surface area (TPSA) is 51.7 Å². The van der Waals surface area contributed by atoms with Gasteiger partial charge < -0.3 is 4.57 Å². The summed E-state index contributed by atoms with van der Waals surface area (Å²) in [5.41, 5.74) is 2.83. The van der Waals surface area contributed by atoms with Crippen molar-refractivity contribution in [3.63, 3.8) is 0 Å². The molecule has 5 nitrogen and oxygen atoms in total. The monoisotopic (exact) mass is 382 g/mol. The van der Waals surface area contributed by atoms with Crippen molar-refractivity contribution in [1.29, 1.82) is 0 Å². The number of amides is 1. The van der Waals surface area contributed by atoms with E-state index >= 15 is 0 Å². The Labute approximate surface area is 158 Å². The summed E-state index contributed by atoms with van der Waals surface area (Å²) in [5, 5.41) is 0.653. The van der Waals surface area contributed by atoms with Gasteiger partial charge in [0.05, 0.1) is 15.9 Å². The third-order valence-electron chi connectivity index (χ3n) is 4.06. The number of benzene rings is 1. The van der Waals surface area contributed by atoms with Crippen LogP contribution in [0.15, 0.2) is 60.2 Å². The molecule has 3 aromatic heterocycles. The second kappa shape index (κ2) is 6.55. The molecule has 0 atom stereocenters. The Bertz CT molecular complexity index is 1230. The van der Waals surface area contributed by atoms with Gasteiger partial charge in [0.15, 0.2) is 4.80 Å². The largest absolute Gasteiger partial charge is 0.312 e. The van der Waals surface area contributed by atoms with Gasteiger partial charge in [0.25, 0.3) is 5.91 Å². The van der Waals surface area contributed by atoms with Gasteiger partial charge in [0.2, 0.25) is 0 Å². The number of imidazole rings is 1. The highest BCUT2D eigenvalue weighted by atomic mass is 35.5. The van der Waals surface area contributed by atoms with Crippen molar-refractivity contribution < 1.29 is 4.79 Å². The molecular weight excluding hydrogens is 368 g/mol. The summed E-state index contributed by atoms with van der Waals surface area (Å²) in [5.74, 6) is -0.323. The lowest BCUT2D eigenvalue weighted by molar-refractivity contribution is 0.0991. The number of pyridine rings is 1. The summed E-state index contributed by atoms with van der Waals surface area (Å²) in [6.45, 7) is 6.18. The van der Waals surface area contributed by atoms with Crippen molar-refractivity contribution in [2.24, 2.45) is 4.99 Å². The van der Waals surface area contributed by atoms with E-state index in [1.807, 2.05) is 54.1 Å². The number of rotatable bonds is 3. The highest BCUT2D eigenvalue weighted by Crippen LogP contribution is 2.22. The van der Waals surface area contributed by atoms with Crippen molar-refractivity contribution in [2.75, 3.05) is 0 Å². The lowest BCUT2D eigenvalue weighted by Gasteiger charge is -2.01. The highest BCUT2D eigenvalue weighted by Gasteiger charge is 2.16. The van der Waals surface area contributed by atoms with E-state index in [0.29, 0.717) is 27.8 Å². The zero-order valence-electron chi connectivity index (χ0n) is 14.0. The molecular formula is C19H15ClN4OS. The summed E-state index contributed by atoms with van der Waals surface area (Å²) in [4.78, 5) is 22.4. The number of carbonyl (C=O) groups excluding carboxylic acids is 1. The Balaban J connectivity index is 1.92. The number of halogens is 1. The van der Waals surface area contributed by atoms with E-state index < -0.39 is 0 Å². The van der Waals surface area contributed by atoms with Gasteiger partial charge in [0, 0.05) is 17.8 Å². The average molecular weight is 383 g/mol. The Kier molecular flexibility index (Phi) is 4.22. The maximum absolute atomic E-state index is 12.9. The molecule has 0 saturated heterocycles. The molecule has 0 radical (unpaired) electrons. The Morgan fingerprint density at radius 1 is 1.38 bits per heavy atom.